The van der Waals surface area contributed by atoms with Gasteiger partial charge in [-0.3, -0.25) is 10.0 Å². The minimum atomic E-state index is -2.99. The van der Waals surface area contributed by atoms with Gasteiger partial charge in [-0.1, -0.05) is 39.8 Å². The Morgan fingerprint density at radius 1 is 1.35 bits per heavy atom. The van der Waals surface area contributed by atoms with E-state index in [0.717, 1.165) is 16.6 Å². The summed E-state index contributed by atoms with van der Waals surface area (Å²) in [5.74, 6) is 3.60. The molecular weight excluding hydrogens is 370 g/mol. The number of carbonyl (C=O) groups is 1. The zero-order valence-corrected chi connectivity index (χ0v) is 17.3. The van der Waals surface area contributed by atoms with Gasteiger partial charge in [0.15, 0.2) is 4.34 Å². The molecule has 0 saturated carbocycles. The van der Waals surface area contributed by atoms with Gasteiger partial charge in [0, 0.05) is 6.54 Å². The second-order valence-electron chi connectivity index (χ2n) is 7.08. The monoisotopic (exact) mass is 397 g/mol. The predicted octanol–water partition coefficient (Wildman–Crippen LogP) is 3.16. The van der Waals surface area contributed by atoms with Crippen LogP contribution < -0.4 is 5.48 Å². The highest BCUT2D eigenvalue weighted by atomic mass is 32.2. The third-order valence-electron chi connectivity index (χ3n) is 4.17. The maximum absolute atomic E-state index is 13.7. The molecule has 0 saturated heterocycles. The summed E-state index contributed by atoms with van der Waals surface area (Å²) in [4.78, 5) is 16.8. The number of hydrogen-bond donors (Lipinski definition) is 2. The standard InChI is InChI=1S/C18H27N3O3S2/c1-12(2)10-11-21(16(13(3)4)17(22)20-23)26(5,24)18-19-14-8-6-7-9-15(14)25-18/h6-9,12-13,16,23H,5,10-11H2,1-4H3,(H,20,22)/t16-,26?/m1/s1. The number of fused-ring (bicyclic) bond motifs is 1. The molecule has 26 heavy (non-hydrogen) atoms. The van der Waals surface area contributed by atoms with Gasteiger partial charge in [-0.2, -0.15) is 0 Å². The number of nitrogens with one attached hydrogen (secondary N) is 1. The first-order chi connectivity index (χ1) is 12.2. The van der Waals surface area contributed by atoms with Crippen LogP contribution in [-0.2, 0) is 14.5 Å². The molecule has 0 radical (unpaired) electrons. The Morgan fingerprint density at radius 3 is 2.54 bits per heavy atom. The van der Waals surface area contributed by atoms with Crippen molar-refractivity contribution in [1.29, 1.82) is 0 Å². The Labute approximate surface area is 159 Å². The fraction of sp³-hybridized carbons (Fsp3) is 0.500. The maximum Gasteiger partial charge on any atom is 0.261 e. The normalized spacial score (nSPS) is 15.5. The summed E-state index contributed by atoms with van der Waals surface area (Å²) in [5, 5.41) is 9.18. The fourth-order valence-corrected chi connectivity index (χ4v) is 6.10. The van der Waals surface area contributed by atoms with Crippen molar-refractivity contribution in [2.24, 2.45) is 11.8 Å². The van der Waals surface area contributed by atoms with Gasteiger partial charge in [0.25, 0.3) is 5.91 Å². The lowest BCUT2D eigenvalue weighted by Crippen LogP contribution is -2.52. The van der Waals surface area contributed by atoms with Crippen molar-refractivity contribution in [3.05, 3.63) is 24.3 Å². The summed E-state index contributed by atoms with van der Waals surface area (Å²) >= 11 is 1.33. The Bertz CT molecular complexity index is 826. The molecule has 0 fully saturated rings. The molecule has 0 aliphatic heterocycles. The number of hydrogen-bond acceptors (Lipinski definition) is 5. The zero-order valence-electron chi connectivity index (χ0n) is 15.6. The summed E-state index contributed by atoms with van der Waals surface area (Å²) in [5.41, 5.74) is 2.48. The molecule has 2 rings (SSSR count). The van der Waals surface area contributed by atoms with Crippen LogP contribution >= 0.6 is 11.3 Å². The lowest BCUT2D eigenvalue weighted by Gasteiger charge is -2.34. The van der Waals surface area contributed by atoms with Crippen LogP contribution in [0.1, 0.15) is 34.1 Å². The maximum atomic E-state index is 13.7. The molecule has 1 unspecified atom stereocenters. The zero-order chi connectivity index (χ0) is 19.5. The molecule has 8 heteroatoms. The third kappa shape index (κ3) is 4.43. The highest BCUT2D eigenvalue weighted by Gasteiger charge is 2.35. The summed E-state index contributed by atoms with van der Waals surface area (Å²) in [6.07, 6.45) is 0.749. The van der Waals surface area contributed by atoms with Crippen molar-refractivity contribution in [3.8, 4) is 0 Å². The summed E-state index contributed by atoms with van der Waals surface area (Å²) in [6, 6.07) is 6.80. The van der Waals surface area contributed by atoms with Gasteiger partial charge in [0.2, 0.25) is 0 Å². The number of rotatable bonds is 8. The predicted molar refractivity (Wildman–Crippen MR) is 108 cm³/mol. The van der Waals surface area contributed by atoms with E-state index in [4.69, 9.17) is 0 Å². The van der Waals surface area contributed by atoms with Crippen molar-refractivity contribution >= 4 is 43.0 Å². The van der Waals surface area contributed by atoms with Crippen molar-refractivity contribution in [2.75, 3.05) is 6.54 Å². The van der Waals surface area contributed by atoms with Crippen LogP contribution in [0.4, 0.5) is 0 Å². The van der Waals surface area contributed by atoms with Crippen LogP contribution in [0, 0.1) is 11.8 Å². The van der Waals surface area contributed by atoms with Gasteiger partial charge >= 0.3 is 0 Å². The van der Waals surface area contributed by atoms with E-state index >= 15 is 0 Å². The number of carbonyl (C=O) groups excluding carboxylic acids is 1. The number of hydroxylamine groups is 1. The summed E-state index contributed by atoms with van der Waals surface area (Å²) in [7, 11) is -2.99. The number of amides is 1. The Kier molecular flexibility index (Phi) is 6.79. The molecule has 1 aromatic carbocycles. The van der Waals surface area contributed by atoms with E-state index in [1.807, 2.05) is 38.1 Å². The molecule has 2 atom stereocenters. The average molecular weight is 398 g/mol. The average Bonchev–Trinajstić information content (AvgIpc) is 3.02. The second kappa shape index (κ2) is 8.47. The van der Waals surface area contributed by atoms with Gasteiger partial charge in [0.05, 0.1) is 19.9 Å². The van der Waals surface area contributed by atoms with Crippen LogP contribution in [0.15, 0.2) is 28.6 Å². The minimum Gasteiger partial charge on any atom is -0.289 e. The second-order valence-corrected chi connectivity index (χ2v) is 10.5. The number of benzene rings is 1. The molecule has 1 aromatic heterocycles. The van der Waals surface area contributed by atoms with Crippen LogP contribution in [-0.4, -0.2) is 43.1 Å². The van der Waals surface area contributed by atoms with E-state index in [0.29, 0.717) is 16.8 Å². The molecular formula is C18H27N3O3S2. The minimum absolute atomic E-state index is 0.161. The molecule has 0 bridgehead atoms. The van der Waals surface area contributed by atoms with Gasteiger partial charge in [-0.25, -0.2) is 19.0 Å². The largest absolute Gasteiger partial charge is 0.289 e. The Hall–Kier alpha value is -1.48. The van der Waals surface area contributed by atoms with E-state index in [2.05, 4.69) is 24.7 Å². The highest BCUT2D eigenvalue weighted by Crippen LogP contribution is 2.30. The molecule has 0 aliphatic rings. The molecule has 6 nitrogen and oxygen atoms in total. The lowest BCUT2D eigenvalue weighted by molar-refractivity contribution is -0.134. The first kappa shape index (κ1) is 20.8. The molecule has 1 amide bonds. The summed E-state index contributed by atoms with van der Waals surface area (Å²) in [6.45, 7) is 8.27. The SMILES string of the molecule is C=S(=O)(c1nc2ccccc2s1)N(CCC(C)C)[C@@H](C(=O)NO)C(C)C. The molecule has 144 valence electrons. The van der Waals surface area contributed by atoms with E-state index in [9.17, 15) is 14.2 Å². The van der Waals surface area contributed by atoms with E-state index in [-0.39, 0.29) is 5.92 Å². The van der Waals surface area contributed by atoms with E-state index < -0.39 is 21.7 Å². The van der Waals surface area contributed by atoms with Gasteiger partial charge in [0.1, 0.15) is 6.04 Å². The van der Waals surface area contributed by atoms with Crippen molar-refractivity contribution in [1.82, 2.24) is 14.8 Å². The summed E-state index contributed by atoms with van der Waals surface area (Å²) < 4.78 is 16.7. The van der Waals surface area contributed by atoms with Gasteiger partial charge < -0.3 is 0 Å². The van der Waals surface area contributed by atoms with E-state index in [1.54, 1.807) is 9.79 Å². The molecule has 0 spiro atoms. The van der Waals surface area contributed by atoms with Gasteiger partial charge in [-0.05, 0) is 36.3 Å². The van der Waals surface area contributed by atoms with E-state index in [1.165, 1.54) is 11.3 Å². The molecule has 2 aromatic rings. The quantitative estimate of drug-likeness (QED) is 0.407. The van der Waals surface area contributed by atoms with Crippen molar-refractivity contribution < 1.29 is 14.2 Å². The highest BCUT2D eigenvalue weighted by molar-refractivity contribution is 8.00. The number of thiazole rings is 1. The Balaban J connectivity index is 2.52. The number of aromatic nitrogens is 1. The van der Waals surface area contributed by atoms with Crippen molar-refractivity contribution in [2.45, 2.75) is 44.5 Å². The topological polar surface area (TPSA) is 82.5 Å². The molecule has 1 heterocycles. The van der Waals surface area contributed by atoms with Crippen LogP contribution in [0.25, 0.3) is 10.2 Å². The Morgan fingerprint density at radius 2 is 2.00 bits per heavy atom. The van der Waals surface area contributed by atoms with Crippen LogP contribution in [0.3, 0.4) is 0 Å². The fourth-order valence-electron chi connectivity index (χ4n) is 2.78. The molecule has 0 aliphatic carbocycles. The van der Waals surface area contributed by atoms with Crippen LogP contribution in [0.2, 0.25) is 0 Å². The van der Waals surface area contributed by atoms with Gasteiger partial charge in [-0.15, -0.1) is 11.3 Å². The number of para-hydroxylation sites is 1. The van der Waals surface area contributed by atoms with Crippen LogP contribution in [0.5, 0.6) is 0 Å². The number of nitrogens with zero attached hydrogens (tertiary/aromatic N) is 2. The first-order valence-corrected chi connectivity index (χ1v) is 11.1. The van der Waals surface area contributed by atoms with Crippen molar-refractivity contribution in [3.63, 3.8) is 0 Å². The molecule has 2 N–H and O–H groups in total. The lowest BCUT2D eigenvalue weighted by atomic mass is 10.0. The smallest absolute Gasteiger partial charge is 0.261 e. The third-order valence-corrected chi connectivity index (χ3v) is 7.84. The first-order valence-electron chi connectivity index (χ1n) is 8.62.